The topological polar surface area (TPSA) is 46.0 Å². The maximum absolute atomic E-state index is 8.89. The van der Waals surface area contributed by atoms with Gasteiger partial charge in [0.15, 0.2) is 0 Å². The van der Waals surface area contributed by atoms with Crippen LogP contribution in [-0.4, -0.2) is 26.9 Å². The van der Waals surface area contributed by atoms with Gasteiger partial charge in [-0.2, -0.15) is 0 Å². The van der Waals surface area contributed by atoms with Crippen LogP contribution in [0.4, 0.5) is 0 Å². The lowest BCUT2D eigenvalue weighted by Gasteiger charge is -2.23. The number of fused-ring (bicyclic) bond motifs is 3. The van der Waals surface area contributed by atoms with Crippen molar-refractivity contribution >= 4 is 11.8 Å². The highest BCUT2D eigenvalue weighted by Gasteiger charge is 2.36. The normalized spacial score (nSPS) is 27.6. The van der Waals surface area contributed by atoms with Crippen LogP contribution in [-0.2, 0) is 6.42 Å². The first-order valence-corrected chi connectivity index (χ1v) is 6.90. The number of aliphatic hydroxyl groups is 1. The molecule has 86 valence electrons. The van der Waals surface area contributed by atoms with E-state index in [0.29, 0.717) is 12.3 Å². The van der Waals surface area contributed by atoms with Gasteiger partial charge in [0.05, 0.1) is 6.61 Å². The molecule has 0 aromatic carbocycles. The number of aromatic nitrogens is 2. The number of rotatable bonds is 2. The summed E-state index contributed by atoms with van der Waals surface area (Å²) in [6.45, 7) is 0.135. The van der Waals surface area contributed by atoms with Gasteiger partial charge in [-0.05, 0) is 12.8 Å². The van der Waals surface area contributed by atoms with Crippen LogP contribution < -0.4 is 0 Å². The summed E-state index contributed by atoms with van der Waals surface area (Å²) in [5.41, 5.74) is 1.36. The standard InChI is InChI=1S/C12H16N2OS/c15-6-5-11-13-7-9-8-3-1-2-4-10(8)16-12(9)14-11/h7-8,10,15H,1-6H2. The fraction of sp³-hybridized carbons (Fsp3) is 0.667. The van der Waals surface area contributed by atoms with Gasteiger partial charge in [-0.3, -0.25) is 0 Å². The van der Waals surface area contributed by atoms with Crippen molar-refractivity contribution in [3.05, 3.63) is 17.6 Å². The lowest BCUT2D eigenvalue weighted by Crippen LogP contribution is -2.15. The Kier molecular flexibility index (Phi) is 2.86. The highest BCUT2D eigenvalue weighted by Crippen LogP contribution is 2.50. The quantitative estimate of drug-likeness (QED) is 0.799. The second kappa shape index (κ2) is 4.34. The Morgan fingerprint density at radius 2 is 2.25 bits per heavy atom. The zero-order valence-electron chi connectivity index (χ0n) is 9.22. The molecule has 0 saturated heterocycles. The van der Waals surface area contributed by atoms with Gasteiger partial charge in [0.1, 0.15) is 10.9 Å². The maximum Gasteiger partial charge on any atom is 0.131 e. The number of hydrogen-bond donors (Lipinski definition) is 1. The Morgan fingerprint density at radius 1 is 1.38 bits per heavy atom. The molecule has 2 heterocycles. The first-order valence-electron chi connectivity index (χ1n) is 6.02. The Balaban J connectivity index is 1.89. The van der Waals surface area contributed by atoms with Crippen LogP contribution in [0.5, 0.6) is 0 Å². The molecule has 0 spiro atoms. The predicted molar refractivity (Wildman–Crippen MR) is 63.7 cm³/mol. The molecule has 1 aliphatic carbocycles. The number of nitrogens with zero attached hydrogens (tertiary/aromatic N) is 2. The summed E-state index contributed by atoms with van der Waals surface area (Å²) in [4.78, 5) is 8.91. The zero-order valence-corrected chi connectivity index (χ0v) is 10.0. The van der Waals surface area contributed by atoms with Crippen molar-refractivity contribution in [1.29, 1.82) is 0 Å². The molecule has 2 aliphatic rings. The third-order valence-electron chi connectivity index (χ3n) is 3.53. The van der Waals surface area contributed by atoms with Gasteiger partial charge < -0.3 is 5.11 Å². The fourth-order valence-electron chi connectivity index (χ4n) is 2.72. The van der Waals surface area contributed by atoms with E-state index in [1.807, 2.05) is 18.0 Å². The van der Waals surface area contributed by atoms with E-state index in [4.69, 9.17) is 5.11 Å². The Morgan fingerprint density at radius 3 is 3.12 bits per heavy atom. The van der Waals surface area contributed by atoms with Crippen molar-refractivity contribution in [3.63, 3.8) is 0 Å². The van der Waals surface area contributed by atoms with E-state index in [2.05, 4.69) is 9.97 Å². The molecule has 1 fully saturated rings. The van der Waals surface area contributed by atoms with Crippen molar-refractivity contribution in [1.82, 2.24) is 9.97 Å². The minimum absolute atomic E-state index is 0.135. The van der Waals surface area contributed by atoms with Crippen molar-refractivity contribution in [2.45, 2.75) is 48.3 Å². The van der Waals surface area contributed by atoms with Crippen molar-refractivity contribution in [2.75, 3.05) is 6.61 Å². The van der Waals surface area contributed by atoms with Gasteiger partial charge in [0.2, 0.25) is 0 Å². The van der Waals surface area contributed by atoms with Crippen LogP contribution in [0.1, 0.15) is 43.0 Å². The van der Waals surface area contributed by atoms with Gasteiger partial charge in [-0.15, -0.1) is 11.8 Å². The average molecular weight is 236 g/mol. The van der Waals surface area contributed by atoms with Crippen molar-refractivity contribution in [3.8, 4) is 0 Å². The summed E-state index contributed by atoms with van der Waals surface area (Å²) in [7, 11) is 0. The van der Waals surface area contributed by atoms with Gasteiger partial charge >= 0.3 is 0 Å². The summed E-state index contributed by atoms with van der Waals surface area (Å²) >= 11 is 1.93. The van der Waals surface area contributed by atoms with Gasteiger partial charge in [-0.25, -0.2) is 9.97 Å². The largest absolute Gasteiger partial charge is 0.396 e. The first-order chi connectivity index (χ1) is 7.88. The molecule has 0 radical (unpaired) electrons. The lowest BCUT2D eigenvalue weighted by molar-refractivity contribution is 0.296. The van der Waals surface area contributed by atoms with Gasteiger partial charge in [-0.1, -0.05) is 12.8 Å². The molecule has 3 rings (SSSR count). The second-order valence-corrected chi connectivity index (χ2v) is 5.80. The SMILES string of the molecule is OCCc1ncc2c(n1)SC1CCCCC21. The molecule has 4 heteroatoms. The summed E-state index contributed by atoms with van der Waals surface area (Å²) in [6, 6.07) is 0. The highest BCUT2D eigenvalue weighted by atomic mass is 32.2. The molecule has 16 heavy (non-hydrogen) atoms. The Bertz CT molecular complexity index is 397. The Hall–Kier alpha value is -0.610. The van der Waals surface area contributed by atoms with Crippen LogP contribution in [0, 0.1) is 0 Å². The van der Waals surface area contributed by atoms with Crippen LogP contribution in [0.15, 0.2) is 11.2 Å². The fourth-order valence-corrected chi connectivity index (χ4v) is 4.23. The zero-order chi connectivity index (χ0) is 11.0. The van der Waals surface area contributed by atoms with Crippen molar-refractivity contribution < 1.29 is 5.11 Å². The monoisotopic (exact) mass is 236 g/mol. The molecule has 2 unspecified atom stereocenters. The molecule has 1 N–H and O–H groups in total. The number of hydrogen-bond acceptors (Lipinski definition) is 4. The van der Waals surface area contributed by atoms with E-state index < -0.39 is 0 Å². The molecule has 1 saturated carbocycles. The van der Waals surface area contributed by atoms with Crippen LogP contribution >= 0.6 is 11.8 Å². The smallest absolute Gasteiger partial charge is 0.131 e. The third kappa shape index (κ3) is 1.74. The van der Waals surface area contributed by atoms with E-state index in [0.717, 1.165) is 11.1 Å². The average Bonchev–Trinajstić information content (AvgIpc) is 2.67. The molecule has 1 aromatic rings. The van der Waals surface area contributed by atoms with Crippen LogP contribution in [0.25, 0.3) is 0 Å². The predicted octanol–water partition coefficient (Wildman–Crippen LogP) is 2.14. The van der Waals surface area contributed by atoms with E-state index >= 15 is 0 Å². The minimum Gasteiger partial charge on any atom is -0.396 e. The maximum atomic E-state index is 8.89. The lowest BCUT2D eigenvalue weighted by atomic mass is 9.85. The summed E-state index contributed by atoms with van der Waals surface area (Å²) in [6.07, 6.45) is 7.90. The van der Waals surface area contributed by atoms with Crippen LogP contribution in [0.3, 0.4) is 0 Å². The molecule has 0 amide bonds. The van der Waals surface area contributed by atoms with Crippen LogP contribution in [0.2, 0.25) is 0 Å². The molecule has 0 bridgehead atoms. The van der Waals surface area contributed by atoms with E-state index in [-0.39, 0.29) is 6.61 Å². The molecular weight excluding hydrogens is 220 g/mol. The minimum atomic E-state index is 0.135. The molecule has 2 atom stereocenters. The molecule has 3 nitrogen and oxygen atoms in total. The molecular formula is C12H16N2OS. The third-order valence-corrected chi connectivity index (χ3v) is 4.95. The molecule has 1 aliphatic heterocycles. The highest BCUT2D eigenvalue weighted by molar-refractivity contribution is 8.00. The van der Waals surface area contributed by atoms with Gasteiger partial charge in [0.25, 0.3) is 0 Å². The summed E-state index contributed by atoms with van der Waals surface area (Å²) in [5.74, 6) is 1.48. The second-order valence-electron chi connectivity index (χ2n) is 4.57. The summed E-state index contributed by atoms with van der Waals surface area (Å²) in [5, 5.41) is 10.8. The number of thioether (sulfide) groups is 1. The van der Waals surface area contributed by atoms with E-state index in [1.54, 1.807) is 0 Å². The first kappa shape index (κ1) is 10.5. The Labute approximate surface area is 99.7 Å². The molecule has 1 aromatic heterocycles. The van der Waals surface area contributed by atoms with E-state index in [9.17, 15) is 0 Å². The number of aliphatic hydroxyl groups excluding tert-OH is 1. The summed E-state index contributed by atoms with van der Waals surface area (Å²) < 4.78 is 0. The van der Waals surface area contributed by atoms with E-state index in [1.165, 1.54) is 36.3 Å². The van der Waals surface area contributed by atoms with Gasteiger partial charge in [0, 0.05) is 29.3 Å². The van der Waals surface area contributed by atoms with Crippen molar-refractivity contribution in [2.24, 2.45) is 0 Å².